The summed E-state index contributed by atoms with van der Waals surface area (Å²) in [6.07, 6.45) is 4.54. The van der Waals surface area contributed by atoms with Crippen LogP contribution in [0.2, 0.25) is 0 Å². The lowest BCUT2D eigenvalue weighted by Crippen LogP contribution is -2.14. The first-order valence-corrected chi connectivity index (χ1v) is 7.10. The molecular formula is C17H24O2. The zero-order chi connectivity index (χ0) is 14.1. The summed E-state index contributed by atoms with van der Waals surface area (Å²) in [4.78, 5) is 11.9. The minimum absolute atomic E-state index is 0.304. The summed E-state index contributed by atoms with van der Waals surface area (Å²) in [5.74, 6) is 0.161. The lowest BCUT2D eigenvalue weighted by atomic mass is 10.0. The van der Waals surface area contributed by atoms with Gasteiger partial charge in [-0.2, -0.15) is 0 Å². The fourth-order valence-electron chi connectivity index (χ4n) is 1.94. The van der Waals surface area contributed by atoms with Crippen molar-refractivity contribution in [3.8, 4) is 0 Å². The van der Waals surface area contributed by atoms with Crippen molar-refractivity contribution < 1.29 is 9.53 Å². The van der Waals surface area contributed by atoms with Crippen LogP contribution in [0.5, 0.6) is 0 Å². The van der Waals surface area contributed by atoms with Crippen molar-refractivity contribution in [1.29, 1.82) is 0 Å². The van der Waals surface area contributed by atoms with E-state index < -0.39 is 0 Å². The van der Waals surface area contributed by atoms with Gasteiger partial charge in [0.25, 0.3) is 0 Å². The van der Waals surface area contributed by atoms with Gasteiger partial charge in [-0.15, -0.1) is 0 Å². The maximum absolute atomic E-state index is 11.9. The number of hydrogen-bond donors (Lipinski definition) is 0. The Bertz CT molecular complexity index is 395. The Kier molecular flexibility index (Phi) is 6.94. The predicted octanol–water partition coefficient (Wildman–Crippen LogP) is 4.46. The van der Waals surface area contributed by atoms with Crippen LogP contribution < -0.4 is 0 Å². The molecule has 104 valence electrons. The highest BCUT2D eigenvalue weighted by atomic mass is 16.5. The zero-order valence-corrected chi connectivity index (χ0v) is 12.0. The monoisotopic (exact) mass is 260 g/mol. The van der Waals surface area contributed by atoms with Crippen molar-refractivity contribution in [2.45, 2.75) is 39.5 Å². The Labute approximate surface area is 116 Å². The van der Waals surface area contributed by atoms with E-state index in [9.17, 15) is 4.79 Å². The third kappa shape index (κ3) is 5.29. The molecule has 1 atom stereocenters. The lowest BCUT2D eigenvalue weighted by molar-refractivity contribution is -0.138. The summed E-state index contributed by atoms with van der Waals surface area (Å²) in [6.45, 7) is 8.63. The number of esters is 1. The van der Waals surface area contributed by atoms with Crippen molar-refractivity contribution in [3.05, 3.63) is 42.5 Å². The first-order valence-electron chi connectivity index (χ1n) is 7.10. The van der Waals surface area contributed by atoms with E-state index in [0.717, 1.165) is 18.4 Å². The quantitative estimate of drug-likeness (QED) is 0.509. The average Bonchev–Trinajstić information content (AvgIpc) is 2.47. The molecule has 0 fully saturated rings. The molecule has 1 rings (SSSR count). The zero-order valence-electron chi connectivity index (χ0n) is 12.0. The van der Waals surface area contributed by atoms with Gasteiger partial charge in [-0.25, -0.2) is 4.79 Å². The van der Waals surface area contributed by atoms with Crippen molar-refractivity contribution in [1.82, 2.24) is 0 Å². The van der Waals surface area contributed by atoms with E-state index in [4.69, 9.17) is 4.74 Å². The Morgan fingerprint density at radius 1 is 1.26 bits per heavy atom. The SMILES string of the molecule is C=C(C(=O)OCC(CC)CCCC)c1ccccc1. The van der Waals surface area contributed by atoms with E-state index in [1.165, 1.54) is 12.8 Å². The number of carbonyl (C=O) groups excluding carboxylic acids is 1. The van der Waals surface area contributed by atoms with Gasteiger partial charge in [0, 0.05) is 0 Å². The van der Waals surface area contributed by atoms with Gasteiger partial charge in [-0.1, -0.05) is 70.0 Å². The minimum Gasteiger partial charge on any atom is -0.462 e. The van der Waals surface area contributed by atoms with Crippen molar-refractivity contribution in [3.63, 3.8) is 0 Å². The number of rotatable bonds is 8. The van der Waals surface area contributed by atoms with Crippen LogP contribution >= 0.6 is 0 Å². The number of carbonyl (C=O) groups is 1. The summed E-state index contributed by atoms with van der Waals surface area (Å²) in [6, 6.07) is 9.45. The fourth-order valence-corrected chi connectivity index (χ4v) is 1.94. The van der Waals surface area contributed by atoms with Crippen molar-refractivity contribution in [2.24, 2.45) is 5.92 Å². The molecule has 0 heterocycles. The van der Waals surface area contributed by atoms with Gasteiger partial charge in [-0.05, 0) is 17.9 Å². The molecule has 0 saturated heterocycles. The Hall–Kier alpha value is -1.57. The van der Waals surface area contributed by atoms with Crippen molar-refractivity contribution >= 4 is 11.5 Å². The largest absolute Gasteiger partial charge is 0.462 e. The molecular weight excluding hydrogens is 236 g/mol. The highest BCUT2D eigenvalue weighted by Crippen LogP contribution is 2.16. The number of hydrogen-bond acceptors (Lipinski definition) is 2. The fraction of sp³-hybridized carbons (Fsp3) is 0.471. The molecule has 19 heavy (non-hydrogen) atoms. The van der Waals surface area contributed by atoms with Gasteiger partial charge in [0.15, 0.2) is 0 Å². The molecule has 2 heteroatoms. The van der Waals surface area contributed by atoms with E-state index in [1.54, 1.807) is 0 Å². The van der Waals surface area contributed by atoms with Crippen LogP contribution in [-0.2, 0) is 9.53 Å². The molecule has 0 spiro atoms. The summed E-state index contributed by atoms with van der Waals surface area (Å²) in [5.41, 5.74) is 1.26. The molecule has 0 radical (unpaired) electrons. The molecule has 0 aliphatic heterocycles. The molecule has 1 unspecified atom stereocenters. The van der Waals surface area contributed by atoms with E-state index >= 15 is 0 Å². The summed E-state index contributed by atoms with van der Waals surface area (Å²) >= 11 is 0. The molecule has 2 nitrogen and oxygen atoms in total. The van der Waals surface area contributed by atoms with Crippen LogP contribution in [0.1, 0.15) is 45.1 Å². The number of ether oxygens (including phenoxy) is 1. The smallest absolute Gasteiger partial charge is 0.338 e. The molecule has 1 aromatic carbocycles. The second-order valence-electron chi connectivity index (χ2n) is 4.86. The molecule has 0 amide bonds. The van der Waals surface area contributed by atoms with E-state index in [0.29, 0.717) is 18.1 Å². The minimum atomic E-state index is -0.304. The van der Waals surface area contributed by atoms with Gasteiger partial charge in [0.05, 0.1) is 12.2 Å². The molecule has 1 aromatic rings. The number of benzene rings is 1. The Balaban J connectivity index is 2.44. The van der Waals surface area contributed by atoms with Crippen LogP contribution in [0.3, 0.4) is 0 Å². The topological polar surface area (TPSA) is 26.3 Å². The lowest BCUT2D eigenvalue weighted by Gasteiger charge is -2.15. The summed E-state index contributed by atoms with van der Waals surface area (Å²) < 4.78 is 5.37. The van der Waals surface area contributed by atoms with Crippen LogP contribution in [0.15, 0.2) is 36.9 Å². The van der Waals surface area contributed by atoms with Crippen LogP contribution in [0.25, 0.3) is 5.57 Å². The van der Waals surface area contributed by atoms with Crippen LogP contribution in [0, 0.1) is 5.92 Å². The molecule has 0 aliphatic carbocycles. The molecule has 0 N–H and O–H groups in total. The normalized spacial score (nSPS) is 11.9. The van der Waals surface area contributed by atoms with Gasteiger partial charge >= 0.3 is 5.97 Å². The second kappa shape index (κ2) is 8.52. The maximum Gasteiger partial charge on any atom is 0.338 e. The first kappa shape index (κ1) is 15.5. The molecule has 0 bridgehead atoms. The third-order valence-corrected chi connectivity index (χ3v) is 3.36. The van der Waals surface area contributed by atoms with Gasteiger partial charge in [0.1, 0.15) is 0 Å². The highest BCUT2D eigenvalue weighted by Gasteiger charge is 2.13. The third-order valence-electron chi connectivity index (χ3n) is 3.36. The Morgan fingerprint density at radius 2 is 1.95 bits per heavy atom. The summed E-state index contributed by atoms with van der Waals surface area (Å²) in [5, 5.41) is 0. The van der Waals surface area contributed by atoms with Gasteiger partial charge in [-0.3, -0.25) is 0 Å². The second-order valence-corrected chi connectivity index (χ2v) is 4.86. The Morgan fingerprint density at radius 3 is 2.53 bits per heavy atom. The average molecular weight is 260 g/mol. The van der Waals surface area contributed by atoms with Crippen molar-refractivity contribution in [2.75, 3.05) is 6.61 Å². The van der Waals surface area contributed by atoms with Gasteiger partial charge < -0.3 is 4.74 Å². The van der Waals surface area contributed by atoms with Crippen LogP contribution in [-0.4, -0.2) is 12.6 Å². The van der Waals surface area contributed by atoms with Gasteiger partial charge in [0.2, 0.25) is 0 Å². The summed E-state index contributed by atoms with van der Waals surface area (Å²) in [7, 11) is 0. The van der Waals surface area contributed by atoms with E-state index in [-0.39, 0.29) is 5.97 Å². The molecule has 0 saturated carbocycles. The van der Waals surface area contributed by atoms with E-state index in [1.807, 2.05) is 30.3 Å². The highest BCUT2D eigenvalue weighted by molar-refractivity contribution is 6.15. The van der Waals surface area contributed by atoms with E-state index in [2.05, 4.69) is 20.4 Å². The first-order chi connectivity index (χ1) is 9.19. The molecule has 0 aliphatic rings. The number of unbranched alkanes of at least 4 members (excludes halogenated alkanes) is 1. The van der Waals surface area contributed by atoms with Crippen LogP contribution in [0.4, 0.5) is 0 Å². The predicted molar refractivity (Wildman–Crippen MR) is 79.7 cm³/mol. The standard InChI is InChI=1S/C17H24O2/c1-4-6-10-15(5-2)13-19-17(18)14(3)16-11-8-7-9-12-16/h7-9,11-12,15H,3-6,10,13H2,1-2H3. The maximum atomic E-state index is 11.9. The molecule has 0 aromatic heterocycles.